The minimum absolute atomic E-state index is 0.357. The van der Waals surface area contributed by atoms with Gasteiger partial charge in [-0.2, -0.15) is 0 Å². The second kappa shape index (κ2) is 11.3. The predicted octanol–water partition coefficient (Wildman–Crippen LogP) is 6.35. The smallest absolute Gasteiger partial charge is 0.407 e. The molecule has 33 heavy (non-hydrogen) atoms. The molecule has 3 aromatic rings. The molecule has 0 unspecified atom stereocenters. The summed E-state index contributed by atoms with van der Waals surface area (Å²) < 4.78 is 11.0. The molecule has 1 amide bonds. The van der Waals surface area contributed by atoms with Crippen LogP contribution in [0.3, 0.4) is 0 Å². The van der Waals surface area contributed by atoms with E-state index in [4.69, 9.17) is 9.47 Å². The van der Waals surface area contributed by atoms with Crippen molar-refractivity contribution in [3.05, 3.63) is 95.8 Å². The van der Waals surface area contributed by atoms with E-state index in [2.05, 4.69) is 53.6 Å². The van der Waals surface area contributed by atoms with Crippen molar-refractivity contribution in [2.24, 2.45) is 0 Å². The third-order valence-electron chi connectivity index (χ3n) is 4.93. The second-order valence-electron chi connectivity index (χ2n) is 8.61. The Morgan fingerprint density at radius 2 is 1.52 bits per heavy atom. The number of ether oxygens (including phenoxy) is 2. The van der Waals surface area contributed by atoms with Crippen LogP contribution in [0.2, 0.25) is 0 Å². The Bertz CT molecular complexity index is 1050. The van der Waals surface area contributed by atoms with Gasteiger partial charge in [0, 0.05) is 12.4 Å². The Morgan fingerprint density at radius 3 is 2.12 bits per heavy atom. The lowest BCUT2D eigenvalue weighted by Crippen LogP contribution is -2.34. The molecule has 0 aliphatic rings. The molecule has 0 fully saturated rings. The lowest BCUT2D eigenvalue weighted by Gasteiger charge is -2.19. The Balaban J connectivity index is 1.76. The van der Waals surface area contributed by atoms with Gasteiger partial charge in [0.2, 0.25) is 0 Å². The van der Waals surface area contributed by atoms with Gasteiger partial charge in [0.1, 0.15) is 18.0 Å². The second-order valence-corrected chi connectivity index (χ2v) is 8.61. The van der Waals surface area contributed by atoms with Crippen LogP contribution < -0.4 is 10.1 Å². The summed E-state index contributed by atoms with van der Waals surface area (Å²) in [4.78, 5) is 15.9. The molecule has 1 aromatic heterocycles. The number of hydrogen-bond donors (Lipinski definition) is 1. The monoisotopic (exact) mass is 444 g/mol. The number of hydrogen-bond acceptors (Lipinski definition) is 4. The number of carbonyl (C=O) groups is 1. The van der Waals surface area contributed by atoms with Crippen molar-refractivity contribution in [3.63, 3.8) is 0 Å². The van der Waals surface area contributed by atoms with Crippen LogP contribution in [-0.2, 0) is 4.74 Å². The lowest BCUT2D eigenvalue weighted by molar-refractivity contribution is 0.0520. The number of pyridine rings is 1. The van der Waals surface area contributed by atoms with Gasteiger partial charge < -0.3 is 14.8 Å². The van der Waals surface area contributed by atoms with Crippen molar-refractivity contribution in [2.45, 2.75) is 39.7 Å². The van der Waals surface area contributed by atoms with E-state index in [-0.39, 0.29) is 0 Å². The van der Waals surface area contributed by atoms with Gasteiger partial charge in [-0.15, -0.1) is 0 Å². The molecule has 5 nitrogen and oxygen atoms in total. The predicted molar refractivity (Wildman–Crippen MR) is 133 cm³/mol. The van der Waals surface area contributed by atoms with Crippen molar-refractivity contribution in [3.8, 4) is 5.75 Å². The molecule has 0 radical (unpaired) electrons. The first-order chi connectivity index (χ1) is 15.9. The Hall–Kier alpha value is -3.60. The first-order valence-corrected chi connectivity index (χ1v) is 11.3. The fourth-order valence-electron chi connectivity index (χ4n) is 3.55. The van der Waals surface area contributed by atoms with E-state index in [1.165, 1.54) is 16.7 Å². The van der Waals surface area contributed by atoms with Crippen molar-refractivity contribution in [2.75, 3.05) is 13.2 Å². The van der Waals surface area contributed by atoms with Crippen LogP contribution in [0.1, 0.15) is 50.8 Å². The first-order valence-electron chi connectivity index (χ1n) is 11.3. The van der Waals surface area contributed by atoms with E-state index in [0.717, 1.165) is 23.3 Å². The summed E-state index contributed by atoms with van der Waals surface area (Å²) in [5.41, 5.74) is 5.39. The van der Waals surface area contributed by atoms with Crippen LogP contribution in [0.15, 0.2) is 79.1 Å². The van der Waals surface area contributed by atoms with Gasteiger partial charge in [-0.05, 0) is 79.3 Å². The number of alkyl carbamates (subject to hydrolysis) is 1. The third kappa shape index (κ3) is 7.21. The summed E-state index contributed by atoms with van der Waals surface area (Å²) >= 11 is 0. The lowest BCUT2D eigenvalue weighted by atomic mass is 9.88. The van der Waals surface area contributed by atoms with Crippen molar-refractivity contribution in [1.82, 2.24) is 10.3 Å². The van der Waals surface area contributed by atoms with E-state index in [0.29, 0.717) is 13.2 Å². The maximum Gasteiger partial charge on any atom is 0.407 e. The molecular formula is C28H32N2O3. The molecule has 0 bridgehead atoms. The number of nitrogens with zero attached hydrogens (tertiary/aromatic N) is 1. The zero-order chi connectivity index (χ0) is 23.7. The van der Waals surface area contributed by atoms with Crippen molar-refractivity contribution >= 4 is 17.2 Å². The van der Waals surface area contributed by atoms with Crippen LogP contribution in [0.4, 0.5) is 4.79 Å². The van der Waals surface area contributed by atoms with Gasteiger partial charge in [-0.1, -0.05) is 49.4 Å². The van der Waals surface area contributed by atoms with Crippen LogP contribution >= 0.6 is 0 Å². The summed E-state index contributed by atoms with van der Waals surface area (Å²) in [7, 11) is 0. The summed E-state index contributed by atoms with van der Waals surface area (Å²) in [6.45, 7) is 8.41. The summed E-state index contributed by atoms with van der Waals surface area (Å²) in [6.07, 6.45) is 4.10. The third-order valence-corrected chi connectivity index (χ3v) is 4.93. The number of aromatic nitrogens is 1. The van der Waals surface area contributed by atoms with Crippen LogP contribution in [0.25, 0.3) is 11.1 Å². The van der Waals surface area contributed by atoms with Gasteiger partial charge >= 0.3 is 6.09 Å². The molecule has 1 heterocycles. The van der Waals surface area contributed by atoms with Crippen molar-refractivity contribution in [1.29, 1.82) is 0 Å². The number of benzene rings is 2. The van der Waals surface area contributed by atoms with Crippen LogP contribution in [0, 0.1) is 0 Å². The maximum absolute atomic E-state index is 11.7. The van der Waals surface area contributed by atoms with E-state index in [1.807, 2.05) is 63.5 Å². The molecule has 0 atom stereocenters. The zero-order valence-corrected chi connectivity index (χ0v) is 19.8. The summed E-state index contributed by atoms with van der Waals surface area (Å²) in [5, 5.41) is 2.70. The average molecular weight is 445 g/mol. The minimum atomic E-state index is -0.516. The van der Waals surface area contributed by atoms with Crippen LogP contribution in [0.5, 0.6) is 5.75 Å². The molecule has 1 N–H and O–H groups in total. The number of allylic oxidation sites excluding steroid dienone is 1. The highest BCUT2D eigenvalue weighted by molar-refractivity contribution is 5.98. The Morgan fingerprint density at radius 1 is 0.879 bits per heavy atom. The van der Waals surface area contributed by atoms with Gasteiger partial charge in [-0.25, -0.2) is 4.79 Å². The molecule has 3 rings (SSSR count). The van der Waals surface area contributed by atoms with Gasteiger partial charge in [0.05, 0.1) is 6.54 Å². The highest BCUT2D eigenvalue weighted by Gasteiger charge is 2.16. The van der Waals surface area contributed by atoms with Gasteiger partial charge in [0.15, 0.2) is 0 Å². The average Bonchev–Trinajstić information content (AvgIpc) is 2.81. The largest absolute Gasteiger partial charge is 0.492 e. The molecule has 2 aromatic carbocycles. The minimum Gasteiger partial charge on any atom is -0.492 e. The zero-order valence-electron chi connectivity index (χ0n) is 19.8. The number of nitrogens with one attached hydrogen (secondary N) is 1. The highest BCUT2D eigenvalue weighted by atomic mass is 16.6. The normalized spacial score (nSPS) is 12.0. The van der Waals surface area contributed by atoms with Crippen molar-refractivity contribution < 1.29 is 14.3 Å². The topological polar surface area (TPSA) is 60.5 Å². The SMILES string of the molecule is CC/C(=C(\c1ccncc1)c1ccc(OCCNC(=O)OC(C)(C)C)cc1)c1ccccc1. The number of amides is 1. The molecule has 5 heteroatoms. The molecule has 0 spiro atoms. The Kier molecular flexibility index (Phi) is 8.25. The number of rotatable bonds is 8. The van der Waals surface area contributed by atoms with E-state index >= 15 is 0 Å². The molecule has 0 aliphatic heterocycles. The molecule has 0 saturated heterocycles. The molecule has 0 aliphatic carbocycles. The van der Waals surface area contributed by atoms with E-state index in [9.17, 15) is 4.79 Å². The van der Waals surface area contributed by atoms with E-state index in [1.54, 1.807) is 0 Å². The number of carbonyl (C=O) groups excluding carboxylic acids is 1. The first kappa shape index (κ1) is 24.1. The standard InChI is InChI=1S/C28H32N2O3/c1-5-25(21-9-7-6-8-10-21)26(23-15-17-29-18-16-23)22-11-13-24(14-12-22)32-20-19-30-27(31)33-28(2,3)4/h6-18H,5,19-20H2,1-4H3,(H,30,31)/b26-25+. The molecular weight excluding hydrogens is 412 g/mol. The molecule has 0 saturated carbocycles. The summed E-state index contributed by atoms with van der Waals surface area (Å²) in [5.74, 6) is 0.747. The van der Waals surface area contributed by atoms with E-state index < -0.39 is 11.7 Å². The van der Waals surface area contributed by atoms with Crippen LogP contribution in [-0.4, -0.2) is 29.8 Å². The Labute approximate surface area is 196 Å². The van der Waals surface area contributed by atoms with Gasteiger partial charge in [0.25, 0.3) is 0 Å². The molecule has 172 valence electrons. The quantitative estimate of drug-likeness (QED) is 0.325. The highest BCUT2D eigenvalue weighted by Crippen LogP contribution is 2.34. The maximum atomic E-state index is 11.7. The van der Waals surface area contributed by atoms with Gasteiger partial charge in [-0.3, -0.25) is 4.98 Å². The fraction of sp³-hybridized carbons (Fsp3) is 0.286. The summed E-state index contributed by atoms with van der Waals surface area (Å²) in [6, 6.07) is 22.6. The fourth-order valence-corrected chi connectivity index (χ4v) is 3.55.